The number of amides is 2. The molecule has 4 rings (SSSR count). The third-order valence-corrected chi connectivity index (χ3v) is 6.45. The second kappa shape index (κ2) is 8.70. The van der Waals surface area contributed by atoms with E-state index in [1.165, 1.54) is 16.2 Å². The number of carbonyl (C=O) groups excluding carboxylic acids is 2. The third-order valence-electron chi connectivity index (χ3n) is 5.27. The van der Waals surface area contributed by atoms with Gasteiger partial charge in [0, 0.05) is 36.6 Å². The molecule has 10 heteroatoms. The van der Waals surface area contributed by atoms with Crippen LogP contribution < -0.4 is 5.32 Å². The average molecular weight is 450 g/mol. The molecule has 0 spiro atoms. The molecule has 1 N–H and O–H groups in total. The summed E-state index contributed by atoms with van der Waals surface area (Å²) in [5.74, 6) is -1.17. The number of hydrogen-bond donors (Lipinski definition) is 1. The lowest BCUT2D eigenvalue weighted by Crippen LogP contribution is -2.40. The normalized spacial score (nSPS) is 17.1. The van der Waals surface area contributed by atoms with Crippen molar-refractivity contribution in [3.8, 4) is 0 Å². The summed E-state index contributed by atoms with van der Waals surface area (Å²) < 4.78 is 39.9. The molecule has 164 valence electrons. The number of carbonyl (C=O) groups is 2. The number of rotatable bonds is 5. The van der Waals surface area contributed by atoms with E-state index < -0.39 is 24.5 Å². The van der Waals surface area contributed by atoms with Crippen LogP contribution >= 0.6 is 11.3 Å². The molecule has 1 fully saturated rings. The summed E-state index contributed by atoms with van der Waals surface area (Å²) in [5.41, 5.74) is 1.69. The molecule has 0 aliphatic carbocycles. The van der Waals surface area contributed by atoms with Crippen molar-refractivity contribution >= 4 is 28.8 Å². The summed E-state index contributed by atoms with van der Waals surface area (Å²) in [4.78, 5) is 31.5. The zero-order chi connectivity index (χ0) is 22.0. The highest BCUT2D eigenvalue weighted by atomic mass is 32.1. The molecule has 2 amide bonds. The number of alkyl halides is 3. The molecule has 0 radical (unpaired) electrons. The summed E-state index contributed by atoms with van der Waals surface area (Å²) in [6.45, 7) is 0.629. The molecule has 0 bridgehead atoms. The first-order chi connectivity index (χ1) is 14.8. The topological polar surface area (TPSA) is 66.7 Å². The number of nitrogens with one attached hydrogen (secondary N) is 1. The molecule has 1 aliphatic rings. The van der Waals surface area contributed by atoms with Crippen LogP contribution in [0.5, 0.6) is 0 Å². The van der Waals surface area contributed by atoms with Crippen molar-refractivity contribution in [3.63, 3.8) is 0 Å². The molecule has 3 aromatic rings. The first-order valence-electron chi connectivity index (χ1n) is 9.96. The molecule has 1 unspecified atom stereocenters. The number of nitrogens with zero attached hydrogens (tertiary/aromatic N) is 3. The van der Waals surface area contributed by atoms with Gasteiger partial charge in [0.1, 0.15) is 12.1 Å². The van der Waals surface area contributed by atoms with Crippen molar-refractivity contribution in [2.45, 2.75) is 44.4 Å². The van der Waals surface area contributed by atoms with Crippen molar-refractivity contribution in [2.75, 3.05) is 6.54 Å². The van der Waals surface area contributed by atoms with Crippen molar-refractivity contribution < 1.29 is 22.8 Å². The monoisotopic (exact) mass is 450 g/mol. The van der Waals surface area contributed by atoms with E-state index in [9.17, 15) is 22.8 Å². The van der Waals surface area contributed by atoms with Gasteiger partial charge >= 0.3 is 6.18 Å². The summed E-state index contributed by atoms with van der Waals surface area (Å²) in [6, 6.07) is 6.75. The largest absolute Gasteiger partial charge is 0.397 e. The molecule has 3 aromatic heterocycles. The molecule has 1 atom stereocenters. The predicted octanol–water partition coefficient (Wildman–Crippen LogP) is 4.33. The summed E-state index contributed by atoms with van der Waals surface area (Å²) in [6.07, 6.45) is 1.51. The fourth-order valence-corrected chi connectivity index (χ4v) is 4.86. The van der Waals surface area contributed by atoms with E-state index in [-0.39, 0.29) is 5.91 Å². The van der Waals surface area contributed by atoms with Gasteiger partial charge in [-0.3, -0.25) is 9.59 Å². The van der Waals surface area contributed by atoms with E-state index >= 15 is 0 Å². The van der Waals surface area contributed by atoms with Crippen LogP contribution in [0.3, 0.4) is 0 Å². The van der Waals surface area contributed by atoms with Gasteiger partial charge < -0.3 is 14.6 Å². The summed E-state index contributed by atoms with van der Waals surface area (Å²) in [5, 5.41) is 2.86. The lowest BCUT2D eigenvalue weighted by Gasteiger charge is -2.35. The van der Waals surface area contributed by atoms with Gasteiger partial charge in [0.05, 0.1) is 10.9 Å². The Hall–Kier alpha value is -2.88. The van der Waals surface area contributed by atoms with Gasteiger partial charge in [-0.25, -0.2) is 4.98 Å². The first-order valence-corrected chi connectivity index (χ1v) is 10.8. The number of aromatic nitrogens is 2. The molecule has 1 saturated heterocycles. The maximum Gasteiger partial charge on any atom is 0.397 e. The van der Waals surface area contributed by atoms with E-state index in [0.29, 0.717) is 30.8 Å². The Bertz CT molecular complexity index is 1090. The fraction of sp³-hybridized carbons (Fsp3) is 0.381. The number of likely N-dealkylation sites (tertiary alicyclic amines) is 1. The minimum absolute atomic E-state index is 0.261. The maximum atomic E-state index is 12.7. The Kier molecular flexibility index (Phi) is 5.99. The van der Waals surface area contributed by atoms with Crippen molar-refractivity contribution in [2.24, 2.45) is 0 Å². The van der Waals surface area contributed by atoms with Crippen molar-refractivity contribution in [1.82, 2.24) is 19.6 Å². The lowest BCUT2D eigenvalue weighted by molar-refractivity contribution is -0.164. The molecule has 6 nitrogen and oxygen atoms in total. The minimum Gasteiger partial charge on any atom is -0.347 e. The van der Waals surface area contributed by atoms with E-state index in [4.69, 9.17) is 0 Å². The lowest BCUT2D eigenvalue weighted by atomic mass is 10.00. The van der Waals surface area contributed by atoms with Gasteiger partial charge in [0.2, 0.25) is 5.91 Å². The number of fused-ring (bicyclic) bond motifs is 1. The third kappa shape index (κ3) is 5.07. The first kappa shape index (κ1) is 21.4. The van der Waals surface area contributed by atoms with Crippen LogP contribution in [0.2, 0.25) is 0 Å². The highest BCUT2D eigenvalue weighted by Crippen LogP contribution is 2.36. The van der Waals surface area contributed by atoms with Gasteiger partial charge in [0.15, 0.2) is 0 Å². The summed E-state index contributed by atoms with van der Waals surface area (Å²) in [7, 11) is 0. The molecule has 0 saturated carbocycles. The van der Waals surface area contributed by atoms with E-state index in [1.807, 2.05) is 28.9 Å². The van der Waals surface area contributed by atoms with Crippen molar-refractivity contribution in [1.29, 1.82) is 0 Å². The number of thiophene rings is 1. The molecule has 4 heterocycles. The van der Waals surface area contributed by atoms with E-state index in [0.717, 1.165) is 22.5 Å². The van der Waals surface area contributed by atoms with Crippen LogP contribution in [-0.2, 0) is 11.3 Å². The Morgan fingerprint density at radius 1 is 1.19 bits per heavy atom. The zero-order valence-electron chi connectivity index (χ0n) is 16.6. The molecular formula is C21H21F3N4O2S. The molecule has 31 heavy (non-hydrogen) atoms. The number of halogens is 3. The Balaban J connectivity index is 1.42. The quantitative estimate of drug-likeness (QED) is 0.629. The van der Waals surface area contributed by atoms with Gasteiger partial charge in [-0.05, 0) is 49.1 Å². The van der Waals surface area contributed by atoms with Gasteiger partial charge in [-0.15, -0.1) is 11.3 Å². The van der Waals surface area contributed by atoms with Crippen LogP contribution in [-0.4, -0.2) is 38.8 Å². The second-order valence-corrected chi connectivity index (χ2v) is 8.62. The van der Waals surface area contributed by atoms with Crippen molar-refractivity contribution in [3.05, 3.63) is 58.2 Å². The predicted molar refractivity (Wildman–Crippen MR) is 110 cm³/mol. The second-order valence-electron chi connectivity index (χ2n) is 7.50. The highest BCUT2D eigenvalue weighted by molar-refractivity contribution is 7.14. The Labute approximate surface area is 180 Å². The van der Waals surface area contributed by atoms with Crippen LogP contribution in [0.1, 0.15) is 51.8 Å². The molecular weight excluding hydrogens is 429 g/mol. The fourth-order valence-electron chi connectivity index (χ4n) is 3.78. The van der Waals surface area contributed by atoms with Gasteiger partial charge in [-0.1, -0.05) is 0 Å². The van der Waals surface area contributed by atoms with Crippen LogP contribution in [0, 0.1) is 0 Å². The number of imidazole rings is 1. The summed E-state index contributed by atoms with van der Waals surface area (Å²) >= 11 is 1.22. The Morgan fingerprint density at radius 3 is 2.84 bits per heavy atom. The van der Waals surface area contributed by atoms with E-state index in [1.54, 1.807) is 18.3 Å². The van der Waals surface area contributed by atoms with Crippen LogP contribution in [0.4, 0.5) is 13.2 Å². The van der Waals surface area contributed by atoms with Crippen LogP contribution in [0.25, 0.3) is 5.65 Å². The molecule has 1 aliphatic heterocycles. The minimum atomic E-state index is -4.53. The van der Waals surface area contributed by atoms with Gasteiger partial charge in [-0.2, -0.15) is 13.2 Å². The average Bonchev–Trinajstić information content (AvgIpc) is 3.40. The number of piperidine rings is 1. The van der Waals surface area contributed by atoms with E-state index in [2.05, 4.69) is 10.3 Å². The number of pyridine rings is 1. The Morgan fingerprint density at radius 2 is 2.03 bits per heavy atom. The zero-order valence-corrected chi connectivity index (χ0v) is 17.4. The molecule has 0 aromatic carbocycles. The SMILES string of the molecule is O=C(NCc1ccn2ccnc2c1)c1ccc(C2CCCCN2C(=O)CC(F)(F)F)s1. The number of hydrogen-bond acceptors (Lipinski definition) is 4. The maximum absolute atomic E-state index is 12.7. The smallest absolute Gasteiger partial charge is 0.347 e. The highest BCUT2D eigenvalue weighted by Gasteiger charge is 2.37. The van der Waals surface area contributed by atoms with Gasteiger partial charge in [0.25, 0.3) is 5.91 Å². The standard InChI is InChI=1S/C21H21F3N4O2S/c22-21(23,24)12-19(29)28-8-2-1-3-15(28)16-4-5-17(31-16)20(30)26-13-14-6-9-27-10-7-25-18(27)11-14/h4-7,9-11,15H,1-3,8,12-13H2,(H,26,30). The van der Waals surface area contributed by atoms with Crippen LogP contribution in [0.15, 0.2) is 42.9 Å².